The first-order valence-corrected chi connectivity index (χ1v) is 5.82. The van der Waals surface area contributed by atoms with Gasteiger partial charge in [0.1, 0.15) is 0 Å². The molecule has 92 valence electrons. The van der Waals surface area contributed by atoms with Crippen LogP contribution in [0.1, 0.15) is 19.4 Å². The Bertz CT molecular complexity index is 396. The van der Waals surface area contributed by atoms with Crippen molar-refractivity contribution in [2.45, 2.75) is 13.8 Å². The highest BCUT2D eigenvalue weighted by Gasteiger charge is 2.11. The Morgan fingerprint density at radius 1 is 1.18 bits per heavy atom. The van der Waals surface area contributed by atoms with Gasteiger partial charge in [0.25, 0.3) is 0 Å². The summed E-state index contributed by atoms with van der Waals surface area (Å²) in [5, 5.41) is 0.649. The van der Waals surface area contributed by atoms with Gasteiger partial charge in [0, 0.05) is 5.02 Å². The second kappa shape index (κ2) is 6.97. The van der Waals surface area contributed by atoms with E-state index < -0.39 is 5.97 Å². The molecule has 0 amide bonds. The van der Waals surface area contributed by atoms with Crippen molar-refractivity contribution in [1.29, 1.82) is 0 Å². The summed E-state index contributed by atoms with van der Waals surface area (Å²) in [6.07, 6.45) is 1.64. The van der Waals surface area contributed by atoms with E-state index in [0.717, 1.165) is 5.56 Å². The Kier molecular flexibility index (Phi) is 5.57. The maximum Gasteiger partial charge on any atom is 0.373 e. The molecule has 0 heterocycles. The first-order valence-electron chi connectivity index (χ1n) is 5.44. The van der Waals surface area contributed by atoms with E-state index in [-0.39, 0.29) is 5.76 Å². The Balaban J connectivity index is 2.89. The van der Waals surface area contributed by atoms with Gasteiger partial charge in [-0.3, -0.25) is 0 Å². The summed E-state index contributed by atoms with van der Waals surface area (Å²) in [6.45, 7) is 4.31. The highest BCUT2D eigenvalue weighted by molar-refractivity contribution is 6.30. The van der Waals surface area contributed by atoms with Gasteiger partial charge in [-0.15, -0.1) is 0 Å². The number of halogens is 1. The normalized spacial score (nSPS) is 11.1. The van der Waals surface area contributed by atoms with E-state index in [1.807, 2.05) is 6.92 Å². The molecule has 1 rings (SSSR count). The molecule has 0 N–H and O–H groups in total. The van der Waals surface area contributed by atoms with Crippen LogP contribution in [0.3, 0.4) is 0 Å². The zero-order valence-electron chi connectivity index (χ0n) is 9.90. The summed E-state index contributed by atoms with van der Waals surface area (Å²) in [7, 11) is 0. The summed E-state index contributed by atoms with van der Waals surface area (Å²) in [5.41, 5.74) is 0.839. The van der Waals surface area contributed by atoms with E-state index in [1.165, 1.54) is 0 Å². The van der Waals surface area contributed by atoms with Crippen molar-refractivity contribution in [3.8, 4) is 0 Å². The van der Waals surface area contributed by atoms with Crippen molar-refractivity contribution in [1.82, 2.24) is 0 Å². The number of hydrogen-bond acceptors (Lipinski definition) is 3. The molecule has 0 radical (unpaired) electrons. The van der Waals surface area contributed by atoms with E-state index in [1.54, 1.807) is 37.3 Å². The largest absolute Gasteiger partial charge is 0.487 e. The van der Waals surface area contributed by atoms with Gasteiger partial charge in [0.05, 0.1) is 13.2 Å². The summed E-state index contributed by atoms with van der Waals surface area (Å²) in [4.78, 5) is 11.6. The molecule has 1 aromatic carbocycles. The Morgan fingerprint density at radius 2 is 1.76 bits per heavy atom. The van der Waals surface area contributed by atoms with Crippen LogP contribution in [0, 0.1) is 0 Å². The van der Waals surface area contributed by atoms with E-state index in [4.69, 9.17) is 21.1 Å². The van der Waals surface area contributed by atoms with Crippen LogP contribution in [0.2, 0.25) is 5.02 Å². The monoisotopic (exact) mass is 254 g/mol. The molecule has 17 heavy (non-hydrogen) atoms. The highest BCUT2D eigenvalue weighted by Crippen LogP contribution is 2.14. The van der Waals surface area contributed by atoms with Crippen molar-refractivity contribution >= 4 is 23.6 Å². The molecule has 0 fully saturated rings. The van der Waals surface area contributed by atoms with Gasteiger partial charge < -0.3 is 9.47 Å². The fourth-order valence-corrected chi connectivity index (χ4v) is 1.35. The number of ether oxygens (including phenoxy) is 2. The van der Waals surface area contributed by atoms with Crippen molar-refractivity contribution < 1.29 is 14.3 Å². The van der Waals surface area contributed by atoms with Gasteiger partial charge in [0.15, 0.2) is 0 Å². The van der Waals surface area contributed by atoms with E-state index >= 15 is 0 Å². The molecule has 0 aromatic heterocycles. The summed E-state index contributed by atoms with van der Waals surface area (Å²) in [6, 6.07) is 7.12. The van der Waals surface area contributed by atoms with Gasteiger partial charge >= 0.3 is 5.97 Å². The molecule has 3 nitrogen and oxygen atoms in total. The number of rotatable bonds is 5. The van der Waals surface area contributed by atoms with Gasteiger partial charge in [0.2, 0.25) is 5.76 Å². The second-order valence-corrected chi connectivity index (χ2v) is 3.65. The molecule has 0 aliphatic carbocycles. The van der Waals surface area contributed by atoms with Gasteiger partial charge in [-0.1, -0.05) is 23.7 Å². The Morgan fingerprint density at radius 3 is 2.29 bits per heavy atom. The molecular formula is C13H15ClO3. The molecule has 0 unspecified atom stereocenters. The van der Waals surface area contributed by atoms with E-state index in [0.29, 0.717) is 18.2 Å². The highest BCUT2D eigenvalue weighted by atomic mass is 35.5. The van der Waals surface area contributed by atoms with Crippen LogP contribution in [-0.2, 0) is 14.3 Å². The van der Waals surface area contributed by atoms with Crippen molar-refractivity contribution in [2.75, 3.05) is 13.2 Å². The lowest BCUT2D eigenvalue weighted by molar-refractivity contribution is -0.142. The summed E-state index contributed by atoms with van der Waals surface area (Å²) in [5.74, 6) is -0.249. The number of esters is 1. The molecule has 1 aromatic rings. The smallest absolute Gasteiger partial charge is 0.373 e. The van der Waals surface area contributed by atoms with Crippen LogP contribution in [0.25, 0.3) is 6.08 Å². The fraction of sp³-hybridized carbons (Fsp3) is 0.308. The predicted molar refractivity (Wildman–Crippen MR) is 67.7 cm³/mol. The first kappa shape index (κ1) is 13.6. The lowest BCUT2D eigenvalue weighted by Gasteiger charge is -2.07. The second-order valence-electron chi connectivity index (χ2n) is 3.21. The maximum absolute atomic E-state index is 11.6. The predicted octanol–water partition coefficient (Wildman–Crippen LogP) is 3.28. The topological polar surface area (TPSA) is 35.5 Å². The van der Waals surface area contributed by atoms with Crippen molar-refractivity contribution in [3.05, 3.63) is 40.6 Å². The third-order valence-corrected chi connectivity index (χ3v) is 2.20. The zero-order valence-corrected chi connectivity index (χ0v) is 10.7. The Hall–Kier alpha value is -1.48. The van der Waals surface area contributed by atoms with Gasteiger partial charge in [-0.05, 0) is 37.6 Å². The molecule has 0 aliphatic rings. The Labute approximate surface area is 106 Å². The molecular weight excluding hydrogens is 240 g/mol. The molecule has 0 aliphatic heterocycles. The fourth-order valence-electron chi connectivity index (χ4n) is 1.23. The van der Waals surface area contributed by atoms with E-state index in [2.05, 4.69) is 0 Å². The first-order chi connectivity index (χ1) is 8.17. The van der Waals surface area contributed by atoms with Gasteiger partial charge in [-0.2, -0.15) is 0 Å². The lowest BCUT2D eigenvalue weighted by atomic mass is 10.2. The third kappa shape index (κ3) is 4.49. The van der Waals surface area contributed by atoms with Crippen LogP contribution < -0.4 is 0 Å². The van der Waals surface area contributed by atoms with Crippen LogP contribution in [0.15, 0.2) is 30.0 Å². The molecule has 0 saturated heterocycles. The van der Waals surface area contributed by atoms with Gasteiger partial charge in [-0.25, -0.2) is 4.79 Å². The molecule has 0 spiro atoms. The molecule has 4 heteroatoms. The number of benzene rings is 1. The summed E-state index contributed by atoms with van der Waals surface area (Å²) >= 11 is 5.78. The number of carbonyl (C=O) groups excluding carboxylic acids is 1. The quantitative estimate of drug-likeness (QED) is 0.460. The number of carbonyl (C=O) groups is 1. The minimum atomic E-state index is -0.454. The van der Waals surface area contributed by atoms with Crippen LogP contribution >= 0.6 is 11.6 Å². The zero-order chi connectivity index (χ0) is 12.7. The molecule has 0 atom stereocenters. The van der Waals surface area contributed by atoms with Crippen molar-refractivity contribution in [2.24, 2.45) is 0 Å². The number of hydrogen-bond donors (Lipinski definition) is 0. The maximum atomic E-state index is 11.6. The van der Waals surface area contributed by atoms with Crippen molar-refractivity contribution in [3.63, 3.8) is 0 Å². The SMILES string of the molecule is CCOC(=O)/C(=C\c1ccc(Cl)cc1)OCC. The lowest BCUT2D eigenvalue weighted by Crippen LogP contribution is -2.10. The van der Waals surface area contributed by atoms with Crippen LogP contribution in [0.4, 0.5) is 0 Å². The molecule has 0 saturated carbocycles. The minimum Gasteiger partial charge on any atom is -0.487 e. The average Bonchev–Trinajstić information content (AvgIpc) is 2.31. The minimum absolute atomic E-state index is 0.205. The standard InChI is InChI=1S/C13H15ClO3/c1-3-16-12(13(15)17-4-2)9-10-5-7-11(14)8-6-10/h5-9H,3-4H2,1-2H3/b12-9+. The van der Waals surface area contributed by atoms with E-state index in [9.17, 15) is 4.79 Å². The summed E-state index contributed by atoms with van der Waals surface area (Å²) < 4.78 is 10.1. The molecule has 0 bridgehead atoms. The average molecular weight is 255 g/mol. The van der Waals surface area contributed by atoms with Crippen LogP contribution in [-0.4, -0.2) is 19.2 Å². The third-order valence-electron chi connectivity index (χ3n) is 1.94. The van der Waals surface area contributed by atoms with Crippen LogP contribution in [0.5, 0.6) is 0 Å².